The molecule has 0 saturated carbocycles. The van der Waals surface area contributed by atoms with Gasteiger partial charge >= 0.3 is 0 Å². The second-order valence-corrected chi connectivity index (χ2v) is 9.77. The first-order valence-corrected chi connectivity index (χ1v) is 12.4. The summed E-state index contributed by atoms with van der Waals surface area (Å²) in [5.41, 5.74) is 1.71. The normalized spacial score (nSPS) is 15.8. The summed E-state index contributed by atoms with van der Waals surface area (Å²) in [5, 5.41) is 23.9. The number of aliphatic hydroxyl groups is 1. The van der Waals surface area contributed by atoms with Crippen molar-refractivity contribution in [3.05, 3.63) is 88.7 Å². The highest BCUT2D eigenvalue weighted by atomic mass is 19.1. The van der Waals surface area contributed by atoms with E-state index in [4.69, 9.17) is 4.42 Å². The minimum absolute atomic E-state index is 0.155. The molecule has 0 aliphatic carbocycles. The van der Waals surface area contributed by atoms with E-state index in [0.717, 1.165) is 16.8 Å². The molecule has 1 aliphatic rings. The quantitative estimate of drug-likeness (QED) is 0.367. The van der Waals surface area contributed by atoms with Crippen LogP contribution in [0.25, 0.3) is 28.2 Å². The third-order valence-corrected chi connectivity index (χ3v) is 7.01. The van der Waals surface area contributed by atoms with Crippen molar-refractivity contribution in [1.29, 1.82) is 0 Å². The standard InChI is InChI=1S/C27H26FN7O3/c1-18-31-32-25(38-18)20-4-8-22(9-5-20)35-24-23(14-30-35)26(36)34(17-29-24)16-27(37)10-12-33(13-11-27)15-19-2-6-21(28)7-3-19/h2-9,14,17,37H,10-13,15-16H2,1H3. The average molecular weight is 516 g/mol. The van der Waals surface area contributed by atoms with Crippen LogP contribution in [0.1, 0.15) is 24.3 Å². The van der Waals surface area contributed by atoms with E-state index < -0.39 is 5.60 Å². The number of likely N-dealkylation sites (tertiary alicyclic amines) is 1. The molecule has 3 aromatic heterocycles. The van der Waals surface area contributed by atoms with Crippen molar-refractivity contribution in [3.63, 3.8) is 0 Å². The highest BCUT2D eigenvalue weighted by Crippen LogP contribution is 2.26. The van der Waals surface area contributed by atoms with Gasteiger partial charge in [-0.05, 0) is 54.8 Å². The maximum atomic E-state index is 13.3. The Kier molecular flexibility index (Phi) is 6.09. The Bertz CT molecular complexity index is 1630. The topological polar surface area (TPSA) is 115 Å². The van der Waals surface area contributed by atoms with Gasteiger partial charge in [-0.25, -0.2) is 14.1 Å². The SMILES string of the molecule is Cc1nnc(-c2ccc(-n3ncc4c(=O)n(CC5(O)CCN(Cc6ccc(F)cc6)CC5)cnc43)cc2)o1. The van der Waals surface area contributed by atoms with E-state index in [0.29, 0.717) is 55.3 Å². The molecule has 1 aliphatic heterocycles. The largest absolute Gasteiger partial charge is 0.421 e. The number of halogens is 1. The lowest BCUT2D eigenvalue weighted by molar-refractivity contribution is -0.0364. The van der Waals surface area contributed by atoms with E-state index in [1.54, 1.807) is 23.7 Å². The fraction of sp³-hybridized carbons (Fsp3) is 0.296. The van der Waals surface area contributed by atoms with Crippen LogP contribution in [-0.2, 0) is 13.1 Å². The van der Waals surface area contributed by atoms with Gasteiger partial charge in [0.2, 0.25) is 11.8 Å². The fourth-order valence-corrected chi connectivity index (χ4v) is 4.86. The van der Waals surface area contributed by atoms with Crippen LogP contribution in [-0.4, -0.2) is 58.2 Å². The van der Waals surface area contributed by atoms with Crippen LogP contribution in [0, 0.1) is 12.7 Å². The molecule has 1 N–H and O–H groups in total. The summed E-state index contributed by atoms with van der Waals surface area (Å²) in [4.78, 5) is 20.0. The minimum Gasteiger partial charge on any atom is -0.421 e. The number of aromatic nitrogens is 6. The molecule has 0 radical (unpaired) electrons. The molecule has 194 valence electrons. The van der Waals surface area contributed by atoms with Crippen LogP contribution in [0.15, 0.2) is 70.3 Å². The molecule has 1 saturated heterocycles. The molecule has 5 aromatic rings. The zero-order valence-corrected chi connectivity index (χ0v) is 20.8. The molecule has 0 bridgehead atoms. The molecule has 6 rings (SSSR count). The number of rotatable bonds is 6. The van der Waals surface area contributed by atoms with Gasteiger partial charge in [-0.3, -0.25) is 14.3 Å². The summed E-state index contributed by atoms with van der Waals surface area (Å²) in [6.45, 7) is 3.93. The molecule has 11 heteroatoms. The average Bonchev–Trinajstić information content (AvgIpc) is 3.56. The van der Waals surface area contributed by atoms with Gasteiger partial charge in [-0.2, -0.15) is 5.10 Å². The second kappa shape index (κ2) is 9.58. The molecular weight excluding hydrogens is 489 g/mol. The van der Waals surface area contributed by atoms with Crippen molar-refractivity contribution in [2.24, 2.45) is 0 Å². The highest BCUT2D eigenvalue weighted by Gasteiger charge is 2.33. The van der Waals surface area contributed by atoms with E-state index >= 15 is 0 Å². The van der Waals surface area contributed by atoms with Gasteiger partial charge in [-0.15, -0.1) is 10.2 Å². The van der Waals surface area contributed by atoms with Crippen LogP contribution in [0.2, 0.25) is 0 Å². The molecule has 0 atom stereocenters. The van der Waals surface area contributed by atoms with E-state index in [1.807, 2.05) is 24.3 Å². The van der Waals surface area contributed by atoms with E-state index in [9.17, 15) is 14.3 Å². The summed E-state index contributed by atoms with van der Waals surface area (Å²) >= 11 is 0. The predicted molar refractivity (Wildman–Crippen MR) is 137 cm³/mol. The molecule has 0 unspecified atom stereocenters. The first-order chi connectivity index (χ1) is 18.4. The summed E-state index contributed by atoms with van der Waals surface area (Å²) in [6.07, 6.45) is 4.01. The van der Waals surface area contributed by atoms with Gasteiger partial charge in [0.1, 0.15) is 17.5 Å². The van der Waals surface area contributed by atoms with Crippen LogP contribution in [0.4, 0.5) is 4.39 Å². The zero-order valence-electron chi connectivity index (χ0n) is 20.8. The van der Waals surface area contributed by atoms with Crippen LogP contribution < -0.4 is 5.56 Å². The maximum absolute atomic E-state index is 13.3. The first-order valence-electron chi connectivity index (χ1n) is 12.4. The molecule has 2 aromatic carbocycles. The summed E-state index contributed by atoms with van der Waals surface area (Å²) < 4.78 is 21.7. The Labute approximate surface area is 217 Å². The lowest BCUT2D eigenvalue weighted by Crippen LogP contribution is -2.47. The molecule has 1 fully saturated rings. The molecule has 38 heavy (non-hydrogen) atoms. The van der Waals surface area contributed by atoms with Gasteiger partial charge < -0.3 is 9.52 Å². The highest BCUT2D eigenvalue weighted by molar-refractivity contribution is 5.75. The summed E-state index contributed by atoms with van der Waals surface area (Å²) in [7, 11) is 0. The second-order valence-electron chi connectivity index (χ2n) is 9.77. The Hall–Kier alpha value is -4.22. The molecule has 0 spiro atoms. The monoisotopic (exact) mass is 515 g/mol. The van der Waals surface area contributed by atoms with E-state index in [2.05, 4.69) is 25.2 Å². The van der Waals surface area contributed by atoms with Gasteiger partial charge in [0.15, 0.2) is 5.65 Å². The third kappa shape index (κ3) is 4.73. The van der Waals surface area contributed by atoms with Crippen molar-refractivity contribution >= 4 is 11.0 Å². The first kappa shape index (κ1) is 24.1. The Balaban J connectivity index is 1.16. The van der Waals surface area contributed by atoms with Gasteiger partial charge in [0.25, 0.3) is 5.56 Å². The Morgan fingerprint density at radius 1 is 1.05 bits per heavy atom. The van der Waals surface area contributed by atoms with Crippen molar-refractivity contribution in [3.8, 4) is 17.1 Å². The number of hydrogen-bond donors (Lipinski definition) is 1. The lowest BCUT2D eigenvalue weighted by Gasteiger charge is -2.38. The van der Waals surface area contributed by atoms with Crippen LogP contribution in [0.3, 0.4) is 0 Å². The van der Waals surface area contributed by atoms with Gasteiger partial charge in [-0.1, -0.05) is 12.1 Å². The number of piperidine rings is 1. The summed E-state index contributed by atoms with van der Waals surface area (Å²) in [5.74, 6) is 0.666. The molecule has 4 heterocycles. The predicted octanol–water partition coefficient (Wildman–Crippen LogP) is 3.11. The van der Waals surface area contributed by atoms with E-state index in [-0.39, 0.29) is 17.9 Å². The summed E-state index contributed by atoms with van der Waals surface area (Å²) in [6, 6.07) is 13.8. The van der Waals surface area contributed by atoms with Crippen molar-refractivity contribution in [2.45, 2.75) is 38.5 Å². The van der Waals surface area contributed by atoms with Gasteiger partial charge in [0, 0.05) is 32.1 Å². The third-order valence-electron chi connectivity index (χ3n) is 7.01. The lowest BCUT2D eigenvalue weighted by atomic mass is 9.91. The molecular formula is C27H26FN7O3. The van der Waals surface area contributed by atoms with Crippen molar-refractivity contribution in [1.82, 2.24) is 34.4 Å². The Morgan fingerprint density at radius 2 is 1.79 bits per heavy atom. The van der Waals surface area contributed by atoms with E-state index in [1.165, 1.54) is 29.2 Å². The number of aryl methyl sites for hydroxylation is 1. The number of fused-ring (bicyclic) bond motifs is 1. The van der Waals surface area contributed by atoms with Crippen LogP contribution in [0.5, 0.6) is 0 Å². The van der Waals surface area contributed by atoms with Crippen LogP contribution >= 0.6 is 0 Å². The molecule has 0 amide bonds. The van der Waals surface area contributed by atoms with Gasteiger partial charge in [0.05, 0.1) is 24.0 Å². The zero-order chi connectivity index (χ0) is 26.3. The van der Waals surface area contributed by atoms with Crippen molar-refractivity contribution < 1.29 is 13.9 Å². The number of nitrogens with zero attached hydrogens (tertiary/aromatic N) is 7. The smallest absolute Gasteiger partial charge is 0.264 e. The Morgan fingerprint density at radius 3 is 2.47 bits per heavy atom. The molecule has 10 nitrogen and oxygen atoms in total. The number of hydrogen-bond acceptors (Lipinski definition) is 8. The van der Waals surface area contributed by atoms with Crippen molar-refractivity contribution in [2.75, 3.05) is 13.1 Å². The minimum atomic E-state index is -1.02. The fourth-order valence-electron chi connectivity index (χ4n) is 4.86. The maximum Gasteiger partial charge on any atom is 0.264 e. The number of benzene rings is 2.